The van der Waals surface area contributed by atoms with Crippen molar-refractivity contribution in [2.75, 3.05) is 7.11 Å². The van der Waals surface area contributed by atoms with Crippen LogP contribution >= 0.6 is 0 Å². The van der Waals surface area contributed by atoms with Crippen LogP contribution in [0.15, 0.2) is 39.3 Å². The van der Waals surface area contributed by atoms with Gasteiger partial charge < -0.3 is 9.84 Å². The van der Waals surface area contributed by atoms with E-state index >= 15 is 0 Å². The zero-order valence-electron chi connectivity index (χ0n) is 17.8. The summed E-state index contributed by atoms with van der Waals surface area (Å²) in [4.78, 5) is 32.7. The van der Waals surface area contributed by atoms with Gasteiger partial charge in [-0.2, -0.15) is 14.8 Å². The van der Waals surface area contributed by atoms with Gasteiger partial charge in [-0.25, -0.2) is 9.78 Å². The van der Waals surface area contributed by atoms with Gasteiger partial charge in [0.1, 0.15) is 0 Å². The molecule has 3 aromatic rings. The third-order valence-electron chi connectivity index (χ3n) is 4.76. The van der Waals surface area contributed by atoms with Gasteiger partial charge in [0.2, 0.25) is 5.88 Å². The Morgan fingerprint density at radius 1 is 1.19 bits per heavy atom. The smallest absolute Gasteiger partial charge is 0.335 e. The van der Waals surface area contributed by atoms with Gasteiger partial charge in [-0.3, -0.25) is 9.89 Å². The van der Waals surface area contributed by atoms with Crippen molar-refractivity contribution >= 4 is 17.3 Å². The number of nitrogens with one attached hydrogen (secondary N) is 1. The van der Waals surface area contributed by atoms with Crippen LogP contribution in [-0.2, 0) is 6.42 Å². The minimum atomic E-state index is -1.03. The van der Waals surface area contributed by atoms with Gasteiger partial charge in [-0.05, 0) is 51.0 Å². The maximum absolute atomic E-state index is 12.9. The molecule has 10 heteroatoms. The van der Waals surface area contributed by atoms with Crippen LogP contribution in [0.2, 0.25) is 0 Å². The molecule has 0 saturated heterocycles. The lowest BCUT2D eigenvalue weighted by atomic mass is 10.1. The largest absolute Gasteiger partial charge is 0.481 e. The van der Waals surface area contributed by atoms with E-state index in [1.807, 2.05) is 6.92 Å². The van der Waals surface area contributed by atoms with Crippen molar-refractivity contribution in [3.8, 4) is 11.8 Å². The van der Waals surface area contributed by atoms with Crippen LogP contribution in [-0.4, -0.2) is 37.9 Å². The normalized spacial score (nSPS) is 11.2. The Kier molecular flexibility index (Phi) is 6.58. The zero-order chi connectivity index (χ0) is 22.5. The maximum atomic E-state index is 12.9. The summed E-state index contributed by atoms with van der Waals surface area (Å²) in [6.07, 6.45) is 2.82. The molecule has 0 bridgehead atoms. The predicted octanol–water partition coefficient (Wildman–Crippen LogP) is 4.04. The van der Waals surface area contributed by atoms with E-state index in [0.717, 1.165) is 30.5 Å². The van der Waals surface area contributed by atoms with Crippen LogP contribution in [0.25, 0.3) is 5.95 Å². The topological polar surface area (TPSA) is 135 Å². The van der Waals surface area contributed by atoms with Gasteiger partial charge in [0.05, 0.1) is 24.1 Å². The first-order chi connectivity index (χ1) is 14.8. The minimum absolute atomic E-state index is 0.109. The lowest BCUT2D eigenvalue weighted by Crippen LogP contribution is -2.18. The van der Waals surface area contributed by atoms with Gasteiger partial charge in [0.15, 0.2) is 5.69 Å². The highest BCUT2D eigenvalue weighted by molar-refractivity contribution is 5.87. The molecule has 0 atom stereocenters. The highest BCUT2D eigenvalue weighted by Gasteiger charge is 2.18. The number of hydrogen-bond donors (Lipinski definition) is 2. The lowest BCUT2D eigenvalue weighted by Gasteiger charge is -2.11. The van der Waals surface area contributed by atoms with Gasteiger partial charge in [0.25, 0.3) is 5.95 Å². The van der Waals surface area contributed by atoms with Crippen LogP contribution in [0.1, 0.15) is 47.1 Å². The number of carboxylic acids is 1. The number of carboxylic acid groups (broad SMARTS) is 1. The average Bonchev–Trinajstić information content (AvgIpc) is 3.04. The average molecular weight is 424 g/mol. The fourth-order valence-electron chi connectivity index (χ4n) is 3.04. The van der Waals surface area contributed by atoms with Crippen LogP contribution in [0.3, 0.4) is 0 Å². The molecule has 0 spiro atoms. The van der Waals surface area contributed by atoms with E-state index in [0.29, 0.717) is 17.3 Å². The van der Waals surface area contributed by atoms with Gasteiger partial charge >= 0.3 is 11.5 Å². The second kappa shape index (κ2) is 9.33. The Morgan fingerprint density at radius 3 is 2.52 bits per heavy atom. The molecule has 31 heavy (non-hydrogen) atoms. The van der Waals surface area contributed by atoms with Gasteiger partial charge in [-0.15, -0.1) is 5.11 Å². The quantitative estimate of drug-likeness (QED) is 0.524. The molecule has 2 aromatic heterocycles. The number of nitrogens with zero attached hydrogens (tertiary/aromatic N) is 5. The van der Waals surface area contributed by atoms with Crippen LogP contribution < -0.4 is 10.3 Å². The molecule has 162 valence electrons. The van der Waals surface area contributed by atoms with E-state index in [1.165, 1.54) is 28.9 Å². The molecule has 2 N–H and O–H groups in total. The third-order valence-corrected chi connectivity index (χ3v) is 4.76. The molecule has 10 nitrogen and oxygen atoms in total. The number of azo groups is 1. The number of aromatic carboxylic acids is 1. The summed E-state index contributed by atoms with van der Waals surface area (Å²) in [5, 5.41) is 20.0. The number of aromatic nitrogens is 4. The van der Waals surface area contributed by atoms with Crippen LogP contribution in [0.5, 0.6) is 5.88 Å². The fourth-order valence-corrected chi connectivity index (χ4v) is 3.04. The first-order valence-corrected chi connectivity index (χ1v) is 9.84. The molecule has 0 fully saturated rings. The summed E-state index contributed by atoms with van der Waals surface area (Å²) < 4.78 is 6.63. The first kappa shape index (κ1) is 21.9. The Morgan fingerprint density at radius 2 is 1.90 bits per heavy atom. The number of methoxy groups -OCH3 is 1. The van der Waals surface area contributed by atoms with Crippen molar-refractivity contribution in [2.24, 2.45) is 10.2 Å². The molecule has 0 amide bonds. The van der Waals surface area contributed by atoms with E-state index in [1.54, 1.807) is 14.0 Å². The summed E-state index contributed by atoms with van der Waals surface area (Å²) in [6, 6.07) is 5.86. The second-order valence-electron chi connectivity index (χ2n) is 6.98. The molecule has 0 saturated carbocycles. The van der Waals surface area contributed by atoms with Gasteiger partial charge in [-0.1, -0.05) is 13.3 Å². The Hall–Kier alpha value is -3.82. The third kappa shape index (κ3) is 4.68. The molecule has 3 rings (SSSR count). The first-order valence-electron chi connectivity index (χ1n) is 9.84. The molecular weight excluding hydrogens is 400 g/mol. The summed E-state index contributed by atoms with van der Waals surface area (Å²) in [7, 11) is 1.54. The number of unbranched alkanes of at least 4 members (excludes halogenated alkanes) is 1. The molecule has 0 aliphatic heterocycles. The predicted molar refractivity (Wildman–Crippen MR) is 114 cm³/mol. The molecule has 0 unspecified atom stereocenters. The van der Waals surface area contributed by atoms with Crippen molar-refractivity contribution in [3.63, 3.8) is 0 Å². The monoisotopic (exact) mass is 424 g/mol. The number of benzene rings is 1. The molecular formula is C21H24N6O4. The Bertz CT molecular complexity index is 1180. The van der Waals surface area contributed by atoms with Crippen molar-refractivity contribution in [1.29, 1.82) is 0 Å². The van der Waals surface area contributed by atoms with Crippen molar-refractivity contribution in [3.05, 3.63) is 57.1 Å². The summed E-state index contributed by atoms with van der Waals surface area (Å²) >= 11 is 0. The number of carbonyl (C=O) groups is 1. The molecule has 0 aliphatic carbocycles. The van der Waals surface area contributed by atoms with Gasteiger partial charge in [0, 0.05) is 11.3 Å². The number of aryl methyl sites for hydroxylation is 2. The fraction of sp³-hybridized carbons (Fsp3) is 0.333. The second-order valence-corrected chi connectivity index (χ2v) is 6.98. The van der Waals surface area contributed by atoms with Crippen molar-refractivity contribution < 1.29 is 14.6 Å². The Balaban J connectivity index is 1.95. The molecule has 0 radical (unpaired) electrons. The molecule has 0 aliphatic rings. The maximum Gasteiger partial charge on any atom is 0.335 e. The van der Waals surface area contributed by atoms with E-state index in [4.69, 9.17) is 9.84 Å². The Labute approximate surface area is 178 Å². The standard InChI is InChI=1S/C21H24N6O4/c1-5-6-7-16-12(2)22-21(23-18(16)31-4)27-19(28)17(13(3)26-27)25-24-15-10-8-14(9-11-15)20(29)30/h8-11,26H,5-7H2,1-4H3,(H,29,30). The highest BCUT2D eigenvalue weighted by Crippen LogP contribution is 2.23. The summed E-state index contributed by atoms with van der Waals surface area (Å²) in [6.45, 7) is 5.66. The number of H-pyrrole nitrogens is 1. The van der Waals surface area contributed by atoms with Crippen LogP contribution in [0, 0.1) is 13.8 Å². The van der Waals surface area contributed by atoms with E-state index in [-0.39, 0.29) is 17.2 Å². The van der Waals surface area contributed by atoms with E-state index in [2.05, 4.69) is 32.2 Å². The van der Waals surface area contributed by atoms with Crippen LogP contribution in [0.4, 0.5) is 11.4 Å². The summed E-state index contributed by atoms with van der Waals surface area (Å²) in [5.74, 6) is -0.425. The summed E-state index contributed by atoms with van der Waals surface area (Å²) in [5.41, 5.74) is 2.38. The van der Waals surface area contributed by atoms with Crippen molar-refractivity contribution in [2.45, 2.75) is 40.0 Å². The van der Waals surface area contributed by atoms with E-state index < -0.39 is 11.5 Å². The number of ether oxygens (including phenoxy) is 1. The molecule has 2 heterocycles. The lowest BCUT2D eigenvalue weighted by molar-refractivity contribution is 0.0697. The SMILES string of the molecule is CCCCc1c(C)nc(-n2[nH]c(C)c(N=Nc3ccc(C(=O)O)cc3)c2=O)nc1OC. The minimum Gasteiger partial charge on any atom is -0.481 e. The van der Waals surface area contributed by atoms with E-state index in [9.17, 15) is 9.59 Å². The number of rotatable bonds is 8. The highest BCUT2D eigenvalue weighted by atomic mass is 16.5. The molecule has 1 aromatic carbocycles. The zero-order valence-corrected chi connectivity index (χ0v) is 17.8. The number of hydrogen-bond acceptors (Lipinski definition) is 7. The number of aromatic amines is 1. The van der Waals surface area contributed by atoms with Crippen molar-refractivity contribution in [1.82, 2.24) is 19.7 Å².